The Hall–Kier alpha value is -1.40. The fourth-order valence-corrected chi connectivity index (χ4v) is 1.08. The number of aliphatic hydroxyl groups excluding tert-OH is 1. The first kappa shape index (κ1) is 12.7. The molecule has 0 radical (unpaired) electrons. The fourth-order valence-electron chi connectivity index (χ4n) is 1.08. The van der Waals surface area contributed by atoms with Gasteiger partial charge in [0.15, 0.2) is 0 Å². The van der Waals surface area contributed by atoms with Crippen molar-refractivity contribution in [3.05, 3.63) is 18.7 Å². The van der Waals surface area contributed by atoms with E-state index in [4.69, 9.17) is 5.11 Å². The molecular formula is C10H17N3O3. The van der Waals surface area contributed by atoms with E-state index in [1.54, 1.807) is 23.3 Å². The van der Waals surface area contributed by atoms with E-state index in [9.17, 15) is 9.90 Å². The minimum atomic E-state index is -1.26. The summed E-state index contributed by atoms with van der Waals surface area (Å²) in [5, 5.41) is 20.8. The van der Waals surface area contributed by atoms with E-state index in [0.717, 1.165) is 0 Å². The predicted octanol–water partition coefficient (Wildman–Crippen LogP) is -0.867. The first-order chi connectivity index (χ1) is 7.53. The molecule has 0 aromatic carbocycles. The lowest BCUT2D eigenvalue weighted by Crippen LogP contribution is -2.43. The van der Waals surface area contributed by atoms with Crippen molar-refractivity contribution in [2.75, 3.05) is 13.2 Å². The number of aryl methyl sites for hydroxylation is 1. The van der Waals surface area contributed by atoms with Crippen molar-refractivity contribution < 1.29 is 15.0 Å². The fraction of sp³-hybridized carbons (Fsp3) is 0.600. The van der Waals surface area contributed by atoms with Gasteiger partial charge in [-0.2, -0.15) is 0 Å². The van der Waals surface area contributed by atoms with Crippen molar-refractivity contribution in [3.8, 4) is 0 Å². The predicted molar refractivity (Wildman–Crippen MR) is 57.6 cm³/mol. The highest BCUT2D eigenvalue weighted by molar-refractivity contribution is 5.75. The van der Waals surface area contributed by atoms with Gasteiger partial charge in [-0.25, -0.2) is 4.98 Å². The van der Waals surface area contributed by atoms with E-state index in [-0.39, 0.29) is 19.1 Å². The molecule has 0 fully saturated rings. The number of nitrogens with zero attached hydrogens (tertiary/aromatic N) is 2. The Labute approximate surface area is 93.9 Å². The van der Waals surface area contributed by atoms with Crippen LogP contribution in [0.25, 0.3) is 0 Å². The molecule has 0 aliphatic carbocycles. The maximum atomic E-state index is 11.4. The summed E-state index contributed by atoms with van der Waals surface area (Å²) in [6, 6.07) is 0. The van der Waals surface area contributed by atoms with Crippen LogP contribution in [0.1, 0.15) is 13.3 Å². The number of carbonyl (C=O) groups is 1. The topological polar surface area (TPSA) is 87.4 Å². The van der Waals surface area contributed by atoms with Gasteiger partial charge in [0.25, 0.3) is 0 Å². The highest BCUT2D eigenvalue weighted by atomic mass is 16.3. The maximum absolute atomic E-state index is 11.4. The molecule has 6 heteroatoms. The Kier molecular flexibility index (Phi) is 4.45. The zero-order valence-electron chi connectivity index (χ0n) is 9.26. The molecule has 1 atom stereocenters. The third-order valence-electron chi connectivity index (χ3n) is 2.16. The summed E-state index contributed by atoms with van der Waals surface area (Å²) in [5.74, 6) is -0.164. The van der Waals surface area contributed by atoms with E-state index in [1.807, 2.05) is 0 Å². The molecular weight excluding hydrogens is 210 g/mol. The lowest BCUT2D eigenvalue weighted by Gasteiger charge is -2.20. The van der Waals surface area contributed by atoms with Gasteiger partial charge in [0.2, 0.25) is 5.91 Å². The number of rotatable bonds is 6. The number of aliphatic hydroxyl groups is 2. The second kappa shape index (κ2) is 5.62. The van der Waals surface area contributed by atoms with Crippen LogP contribution in [0.2, 0.25) is 0 Å². The molecule has 0 aliphatic heterocycles. The normalized spacial score (nSPS) is 14.4. The summed E-state index contributed by atoms with van der Waals surface area (Å²) in [6.45, 7) is 1.68. The van der Waals surface area contributed by atoms with Gasteiger partial charge in [0.1, 0.15) is 5.60 Å². The lowest BCUT2D eigenvalue weighted by molar-refractivity contribution is -0.122. The molecule has 90 valence electrons. The SMILES string of the molecule is CC(O)(CO)CNC(=O)CCn1ccnc1. The molecule has 1 rings (SSSR count). The number of aromatic nitrogens is 2. The third-order valence-corrected chi connectivity index (χ3v) is 2.16. The second-order valence-electron chi connectivity index (χ2n) is 3.98. The van der Waals surface area contributed by atoms with E-state index >= 15 is 0 Å². The molecule has 1 aromatic heterocycles. The summed E-state index contributed by atoms with van der Waals surface area (Å²) >= 11 is 0. The molecule has 1 aromatic rings. The lowest BCUT2D eigenvalue weighted by atomic mass is 10.1. The van der Waals surface area contributed by atoms with Crippen molar-refractivity contribution in [1.82, 2.24) is 14.9 Å². The van der Waals surface area contributed by atoms with Crippen LogP contribution in [0.4, 0.5) is 0 Å². The van der Waals surface area contributed by atoms with Gasteiger partial charge in [0, 0.05) is 31.9 Å². The number of hydrogen-bond acceptors (Lipinski definition) is 4. The van der Waals surface area contributed by atoms with Crippen molar-refractivity contribution in [2.24, 2.45) is 0 Å². The standard InChI is InChI=1S/C10H17N3O3/c1-10(16,7-14)6-12-9(15)2-4-13-5-3-11-8-13/h3,5,8,14,16H,2,4,6-7H2,1H3,(H,12,15). The Morgan fingerprint density at radius 2 is 2.38 bits per heavy atom. The summed E-state index contributed by atoms with van der Waals surface area (Å²) in [5.41, 5.74) is -1.26. The second-order valence-corrected chi connectivity index (χ2v) is 3.98. The minimum Gasteiger partial charge on any atom is -0.393 e. The molecule has 0 spiro atoms. The smallest absolute Gasteiger partial charge is 0.221 e. The molecule has 6 nitrogen and oxygen atoms in total. The van der Waals surface area contributed by atoms with E-state index in [1.165, 1.54) is 6.92 Å². The van der Waals surface area contributed by atoms with Crippen LogP contribution in [-0.2, 0) is 11.3 Å². The molecule has 3 N–H and O–H groups in total. The van der Waals surface area contributed by atoms with Crippen molar-refractivity contribution >= 4 is 5.91 Å². The number of hydrogen-bond donors (Lipinski definition) is 3. The molecule has 0 aliphatic rings. The highest BCUT2D eigenvalue weighted by Crippen LogP contribution is 1.99. The Bertz CT molecular complexity index is 322. The van der Waals surface area contributed by atoms with Crippen LogP contribution in [0, 0.1) is 0 Å². The average Bonchev–Trinajstić information content (AvgIpc) is 2.76. The average molecular weight is 227 g/mol. The van der Waals surface area contributed by atoms with Gasteiger partial charge < -0.3 is 20.1 Å². The summed E-state index contributed by atoms with van der Waals surface area (Å²) in [7, 11) is 0. The van der Waals surface area contributed by atoms with Crippen molar-refractivity contribution in [3.63, 3.8) is 0 Å². The quantitative estimate of drug-likeness (QED) is 0.589. The van der Waals surface area contributed by atoms with Crippen LogP contribution >= 0.6 is 0 Å². The molecule has 0 saturated heterocycles. The van der Waals surface area contributed by atoms with Crippen molar-refractivity contribution in [1.29, 1.82) is 0 Å². The number of carbonyl (C=O) groups excluding carboxylic acids is 1. The largest absolute Gasteiger partial charge is 0.393 e. The third kappa shape index (κ3) is 4.41. The van der Waals surface area contributed by atoms with Gasteiger partial charge in [-0.05, 0) is 6.92 Å². The number of imidazole rings is 1. The zero-order valence-corrected chi connectivity index (χ0v) is 9.26. The highest BCUT2D eigenvalue weighted by Gasteiger charge is 2.19. The number of nitrogens with one attached hydrogen (secondary N) is 1. The number of amides is 1. The Morgan fingerprint density at radius 1 is 1.62 bits per heavy atom. The van der Waals surface area contributed by atoms with Gasteiger partial charge >= 0.3 is 0 Å². The van der Waals surface area contributed by atoms with Crippen LogP contribution in [-0.4, -0.2) is 44.4 Å². The van der Waals surface area contributed by atoms with Crippen LogP contribution in [0.5, 0.6) is 0 Å². The van der Waals surface area contributed by atoms with Crippen LogP contribution < -0.4 is 5.32 Å². The summed E-state index contributed by atoms with van der Waals surface area (Å²) in [6.07, 6.45) is 5.38. The van der Waals surface area contributed by atoms with Crippen LogP contribution in [0.3, 0.4) is 0 Å². The molecule has 1 unspecified atom stereocenters. The van der Waals surface area contributed by atoms with Crippen molar-refractivity contribution in [2.45, 2.75) is 25.5 Å². The molecule has 16 heavy (non-hydrogen) atoms. The summed E-state index contributed by atoms with van der Waals surface area (Å²) < 4.78 is 1.80. The monoisotopic (exact) mass is 227 g/mol. The van der Waals surface area contributed by atoms with E-state index in [2.05, 4.69) is 10.3 Å². The van der Waals surface area contributed by atoms with Crippen LogP contribution in [0.15, 0.2) is 18.7 Å². The molecule has 0 bridgehead atoms. The molecule has 0 saturated carbocycles. The van der Waals surface area contributed by atoms with Gasteiger partial charge in [-0.3, -0.25) is 4.79 Å². The molecule has 1 amide bonds. The Morgan fingerprint density at radius 3 is 2.94 bits per heavy atom. The molecule has 1 heterocycles. The van der Waals surface area contributed by atoms with E-state index < -0.39 is 5.60 Å². The Balaban J connectivity index is 2.21. The van der Waals surface area contributed by atoms with E-state index in [0.29, 0.717) is 13.0 Å². The first-order valence-corrected chi connectivity index (χ1v) is 5.09. The minimum absolute atomic E-state index is 0.0479. The summed E-state index contributed by atoms with van der Waals surface area (Å²) in [4.78, 5) is 15.2. The van der Waals surface area contributed by atoms with Gasteiger partial charge in [-0.15, -0.1) is 0 Å². The van der Waals surface area contributed by atoms with Gasteiger partial charge in [-0.1, -0.05) is 0 Å². The zero-order chi connectivity index (χ0) is 12.0. The first-order valence-electron chi connectivity index (χ1n) is 5.09. The maximum Gasteiger partial charge on any atom is 0.221 e. The van der Waals surface area contributed by atoms with Gasteiger partial charge in [0.05, 0.1) is 12.9 Å².